The van der Waals surface area contributed by atoms with Crippen LogP contribution in [0, 0.1) is 12.3 Å². The summed E-state index contributed by atoms with van der Waals surface area (Å²) < 4.78 is 5.01. The van der Waals surface area contributed by atoms with E-state index in [1.165, 1.54) is 11.1 Å². The highest BCUT2D eigenvalue weighted by atomic mass is 32.2. The number of methoxy groups -OCH3 is 1. The SMILES string of the molecule is COCCCSCc1ccc(C(=N)N)cc1C. The third-order valence-electron chi connectivity index (χ3n) is 2.55. The molecule has 0 atom stereocenters. The van der Waals surface area contributed by atoms with Crippen molar-refractivity contribution in [1.29, 1.82) is 5.41 Å². The number of thioether (sulfide) groups is 1. The molecule has 0 spiro atoms. The molecule has 1 aromatic rings. The number of nitrogens with two attached hydrogens (primary N) is 1. The minimum absolute atomic E-state index is 0.132. The fraction of sp³-hybridized carbons (Fsp3) is 0.462. The van der Waals surface area contributed by atoms with Crippen molar-refractivity contribution in [3.63, 3.8) is 0 Å². The van der Waals surface area contributed by atoms with Gasteiger partial charge in [-0.15, -0.1) is 0 Å². The average molecular weight is 252 g/mol. The van der Waals surface area contributed by atoms with Crippen LogP contribution in [0.1, 0.15) is 23.1 Å². The molecule has 0 saturated carbocycles. The topological polar surface area (TPSA) is 59.1 Å². The molecule has 0 bridgehead atoms. The summed E-state index contributed by atoms with van der Waals surface area (Å²) in [5.74, 6) is 2.25. The van der Waals surface area contributed by atoms with Gasteiger partial charge in [-0.1, -0.05) is 12.1 Å². The Morgan fingerprint density at radius 2 is 2.24 bits per heavy atom. The highest BCUT2D eigenvalue weighted by Crippen LogP contribution is 2.18. The number of ether oxygens (including phenoxy) is 1. The maximum absolute atomic E-state index is 7.38. The van der Waals surface area contributed by atoms with Crippen LogP contribution >= 0.6 is 11.8 Å². The molecular formula is C13H20N2OS. The summed E-state index contributed by atoms with van der Waals surface area (Å²) in [5.41, 5.74) is 8.78. The van der Waals surface area contributed by atoms with Crippen molar-refractivity contribution in [3.05, 3.63) is 34.9 Å². The zero-order valence-corrected chi connectivity index (χ0v) is 11.3. The lowest BCUT2D eigenvalue weighted by Gasteiger charge is -2.07. The van der Waals surface area contributed by atoms with Gasteiger partial charge in [-0.05, 0) is 36.3 Å². The van der Waals surface area contributed by atoms with Gasteiger partial charge in [-0.2, -0.15) is 11.8 Å². The number of nitrogens with one attached hydrogen (secondary N) is 1. The van der Waals surface area contributed by atoms with E-state index in [1.807, 2.05) is 23.9 Å². The van der Waals surface area contributed by atoms with Crippen LogP contribution in [0.25, 0.3) is 0 Å². The van der Waals surface area contributed by atoms with Crippen LogP contribution in [0.3, 0.4) is 0 Å². The van der Waals surface area contributed by atoms with E-state index in [9.17, 15) is 0 Å². The monoisotopic (exact) mass is 252 g/mol. The Bertz CT molecular complexity index is 380. The van der Waals surface area contributed by atoms with Crippen LogP contribution in [0.2, 0.25) is 0 Å². The molecule has 0 aromatic heterocycles. The van der Waals surface area contributed by atoms with Gasteiger partial charge in [0.2, 0.25) is 0 Å². The molecule has 94 valence electrons. The molecule has 1 rings (SSSR count). The van der Waals surface area contributed by atoms with E-state index in [0.717, 1.165) is 30.1 Å². The van der Waals surface area contributed by atoms with E-state index in [0.29, 0.717) is 0 Å². The summed E-state index contributed by atoms with van der Waals surface area (Å²) in [6.07, 6.45) is 1.09. The lowest BCUT2D eigenvalue weighted by Crippen LogP contribution is -2.11. The Labute approximate surface area is 107 Å². The Morgan fingerprint density at radius 3 is 2.82 bits per heavy atom. The molecule has 0 heterocycles. The zero-order chi connectivity index (χ0) is 12.7. The summed E-state index contributed by atoms with van der Waals surface area (Å²) >= 11 is 1.91. The first-order chi connectivity index (χ1) is 8.15. The molecule has 0 radical (unpaired) electrons. The van der Waals surface area contributed by atoms with Crippen LogP contribution in [0.15, 0.2) is 18.2 Å². The molecule has 0 fully saturated rings. The maximum atomic E-state index is 7.38. The minimum Gasteiger partial charge on any atom is -0.385 e. The Morgan fingerprint density at radius 1 is 1.47 bits per heavy atom. The van der Waals surface area contributed by atoms with Crippen molar-refractivity contribution in [2.45, 2.75) is 19.1 Å². The van der Waals surface area contributed by atoms with Gasteiger partial charge in [0.25, 0.3) is 0 Å². The first-order valence-corrected chi connectivity index (χ1v) is 6.81. The normalized spacial score (nSPS) is 10.5. The van der Waals surface area contributed by atoms with Gasteiger partial charge in [0.1, 0.15) is 5.84 Å². The number of amidine groups is 1. The van der Waals surface area contributed by atoms with Gasteiger partial charge in [-0.25, -0.2) is 0 Å². The second-order valence-corrected chi connectivity index (χ2v) is 5.06. The molecule has 4 heteroatoms. The third-order valence-corrected chi connectivity index (χ3v) is 3.64. The Kier molecular flexibility index (Phi) is 6.08. The number of hydrogen-bond donors (Lipinski definition) is 2. The van der Waals surface area contributed by atoms with Crippen molar-refractivity contribution < 1.29 is 4.74 Å². The summed E-state index contributed by atoms with van der Waals surface area (Å²) in [6, 6.07) is 5.96. The molecule has 0 aliphatic heterocycles. The van der Waals surface area contributed by atoms with E-state index in [2.05, 4.69) is 13.0 Å². The van der Waals surface area contributed by atoms with E-state index in [-0.39, 0.29) is 5.84 Å². The molecule has 1 aromatic carbocycles. The molecule has 0 aliphatic carbocycles. The van der Waals surface area contributed by atoms with Gasteiger partial charge in [0.05, 0.1) is 0 Å². The van der Waals surface area contributed by atoms with Gasteiger partial charge >= 0.3 is 0 Å². The van der Waals surface area contributed by atoms with Crippen LogP contribution in [-0.2, 0) is 10.5 Å². The quantitative estimate of drug-likeness (QED) is 0.445. The number of rotatable bonds is 7. The van der Waals surface area contributed by atoms with Crippen molar-refractivity contribution in [3.8, 4) is 0 Å². The van der Waals surface area contributed by atoms with Crippen molar-refractivity contribution in [2.75, 3.05) is 19.5 Å². The molecule has 17 heavy (non-hydrogen) atoms. The second-order valence-electron chi connectivity index (χ2n) is 3.95. The van der Waals surface area contributed by atoms with E-state index >= 15 is 0 Å². The molecule has 0 unspecified atom stereocenters. The summed E-state index contributed by atoms with van der Waals surface area (Å²) in [4.78, 5) is 0. The van der Waals surface area contributed by atoms with Crippen LogP contribution < -0.4 is 5.73 Å². The lowest BCUT2D eigenvalue weighted by atomic mass is 10.1. The zero-order valence-electron chi connectivity index (χ0n) is 10.5. The first kappa shape index (κ1) is 14.1. The van der Waals surface area contributed by atoms with Gasteiger partial charge < -0.3 is 10.5 Å². The van der Waals surface area contributed by atoms with Crippen LogP contribution in [0.4, 0.5) is 0 Å². The summed E-state index contributed by atoms with van der Waals surface area (Å²) in [7, 11) is 1.73. The predicted molar refractivity (Wildman–Crippen MR) is 74.9 cm³/mol. The van der Waals surface area contributed by atoms with Crippen LogP contribution in [-0.4, -0.2) is 25.3 Å². The van der Waals surface area contributed by atoms with Gasteiger partial charge in [0.15, 0.2) is 0 Å². The first-order valence-electron chi connectivity index (χ1n) is 5.65. The highest BCUT2D eigenvalue weighted by molar-refractivity contribution is 7.98. The average Bonchev–Trinajstić information content (AvgIpc) is 2.30. The fourth-order valence-electron chi connectivity index (χ4n) is 1.51. The smallest absolute Gasteiger partial charge is 0.122 e. The molecule has 0 saturated heterocycles. The highest BCUT2D eigenvalue weighted by Gasteiger charge is 2.02. The summed E-state index contributed by atoms with van der Waals surface area (Å²) in [5, 5.41) is 7.38. The predicted octanol–water partition coefficient (Wildman–Crippen LogP) is 2.55. The van der Waals surface area contributed by atoms with Crippen molar-refractivity contribution >= 4 is 17.6 Å². The van der Waals surface area contributed by atoms with Crippen LogP contribution in [0.5, 0.6) is 0 Å². The molecule has 0 aliphatic rings. The number of aryl methyl sites for hydroxylation is 1. The van der Waals surface area contributed by atoms with Gasteiger partial charge in [-0.3, -0.25) is 5.41 Å². The fourth-order valence-corrected chi connectivity index (χ4v) is 2.52. The molecule has 0 amide bonds. The lowest BCUT2D eigenvalue weighted by molar-refractivity contribution is 0.200. The molecule has 3 nitrogen and oxygen atoms in total. The Hall–Kier alpha value is -1.00. The summed E-state index contributed by atoms with van der Waals surface area (Å²) in [6.45, 7) is 2.90. The number of nitrogen functional groups attached to an aromatic ring is 1. The Balaban J connectivity index is 2.46. The second kappa shape index (κ2) is 7.35. The third kappa shape index (κ3) is 4.79. The van der Waals surface area contributed by atoms with Crippen molar-refractivity contribution in [2.24, 2.45) is 5.73 Å². The number of benzene rings is 1. The van der Waals surface area contributed by atoms with E-state index in [1.54, 1.807) is 7.11 Å². The molecular weight excluding hydrogens is 232 g/mol. The molecule has 3 N–H and O–H groups in total. The van der Waals surface area contributed by atoms with E-state index in [4.69, 9.17) is 15.9 Å². The largest absolute Gasteiger partial charge is 0.385 e. The maximum Gasteiger partial charge on any atom is 0.122 e. The van der Waals surface area contributed by atoms with Crippen molar-refractivity contribution in [1.82, 2.24) is 0 Å². The standard InChI is InChI=1S/C13H20N2OS/c1-10-8-11(13(14)15)4-5-12(10)9-17-7-3-6-16-2/h4-5,8H,3,6-7,9H2,1-2H3,(H3,14,15). The number of hydrogen-bond acceptors (Lipinski definition) is 3. The van der Waals surface area contributed by atoms with E-state index < -0.39 is 0 Å². The van der Waals surface area contributed by atoms with Gasteiger partial charge in [0, 0.05) is 25.0 Å². The minimum atomic E-state index is 0.132.